The van der Waals surface area contributed by atoms with Crippen LogP contribution < -0.4 is 4.74 Å². The first-order chi connectivity index (χ1) is 14.2. The van der Waals surface area contributed by atoms with Crippen molar-refractivity contribution in [1.82, 2.24) is 9.78 Å². The van der Waals surface area contributed by atoms with Gasteiger partial charge in [-0.3, -0.25) is 4.79 Å². The summed E-state index contributed by atoms with van der Waals surface area (Å²) < 4.78 is 7.80. The average molecular weight is 429 g/mol. The molecule has 1 fully saturated rings. The molecular formula is C23H25ClN2O2S. The summed E-state index contributed by atoms with van der Waals surface area (Å²) in [5.41, 5.74) is 2.53. The van der Waals surface area contributed by atoms with Gasteiger partial charge < -0.3 is 4.74 Å². The number of nitrogens with zero attached hydrogens (tertiary/aromatic N) is 2. The van der Waals surface area contributed by atoms with E-state index in [9.17, 15) is 4.79 Å². The monoisotopic (exact) mass is 428 g/mol. The zero-order chi connectivity index (χ0) is 20.2. The van der Waals surface area contributed by atoms with E-state index in [1.54, 1.807) is 29.2 Å². The molecule has 0 saturated heterocycles. The standard InChI is InChI=1S/C23H25ClN2O2S/c1-28-21-10-6-5-9-19(21)23(27)26-17(11-12-18-13-14-22(24)29-18)15-20(25-26)16-7-3-2-4-8-16/h5-6,9-10,13-16H,2-4,7-8,11-12H2,1H3. The number of ether oxygens (including phenoxy) is 1. The van der Waals surface area contributed by atoms with Crippen LogP contribution in [0.5, 0.6) is 5.75 Å². The molecule has 2 heterocycles. The van der Waals surface area contributed by atoms with Gasteiger partial charge in [-0.2, -0.15) is 5.10 Å². The molecule has 0 unspecified atom stereocenters. The predicted octanol–water partition coefficient (Wildman–Crippen LogP) is 6.13. The average Bonchev–Trinajstić information content (AvgIpc) is 3.38. The maximum Gasteiger partial charge on any atom is 0.282 e. The van der Waals surface area contributed by atoms with Gasteiger partial charge in [0.05, 0.1) is 22.7 Å². The topological polar surface area (TPSA) is 44.1 Å². The van der Waals surface area contributed by atoms with Crippen LogP contribution in [0.15, 0.2) is 42.5 Å². The lowest BCUT2D eigenvalue weighted by Crippen LogP contribution is -2.18. The van der Waals surface area contributed by atoms with Crippen molar-refractivity contribution in [3.8, 4) is 5.75 Å². The van der Waals surface area contributed by atoms with E-state index in [2.05, 4.69) is 12.1 Å². The van der Waals surface area contributed by atoms with Crippen molar-refractivity contribution in [2.75, 3.05) is 7.11 Å². The van der Waals surface area contributed by atoms with Gasteiger partial charge in [0.25, 0.3) is 5.91 Å². The maximum absolute atomic E-state index is 13.4. The summed E-state index contributed by atoms with van der Waals surface area (Å²) in [6.07, 6.45) is 7.66. The van der Waals surface area contributed by atoms with E-state index in [4.69, 9.17) is 21.4 Å². The Labute approximate surface area is 180 Å². The number of aryl methyl sites for hydroxylation is 2. The summed E-state index contributed by atoms with van der Waals surface area (Å²) in [4.78, 5) is 14.6. The lowest BCUT2D eigenvalue weighted by Gasteiger charge is -2.19. The SMILES string of the molecule is COc1ccccc1C(=O)n1nc(C2CCCCC2)cc1CCc1ccc(Cl)s1. The Kier molecular flexibility index (Phi) is 6.36. The third kappa shape index (κ3) is 4.57. The molecule has 0 N–H and O–H groups in total. The van der Waals surface area contributed by atoms with Crippen LogP contribution in [0.25, 0.3) is 0 Å². The number of rotatable bonds is 6. The predicted molar refractivity (Wildman–Crippen MR) is 118 cm³/mol. The Morgan fingerprint density at radius 1 is 1.17 bits per heavy atom. The first kappa shape index (κ1) is 20.2. The Bertz CT molecular complexity index is 988. The van der Waals surface area contributed by atoms with Crippen molar-refractivity contribution in [2.45, 2.75) is 50.9 Å². The van der Waals surface area contributed by atoms with Gasteiger partial charge in [-0.15, -0.1) is 11.3 Å². The normalized spacial score (nSPS) is 14.8. The number of thiophene rings is 1. The third-order valence-corrected chi connectivity index (χ3v) is 6.90. The Balaban J connectivity index is 1.65. The molecule has 0 spiro atoms. The van der Waals surface area contributed by atoms with Crippen LogP contribution in [0, 0.1) is 0 Å². The van der Waals surface area contributed by atoms with Crippen molar-refractivity contribution in [1.29, 1.82) is 0 Å². The molecule has 1 aromatic carbocycles. The molecule has 0 bridgehead atoms. The second-order valence-electron chi connectivity index (χ2n) is 7.52. The van der Waals surface area contributed by atoms with Crippen LogP contribution in [0.3, 0.4) is 0 Å². The van der Waals surface area contributed by atoms with E-state index in [0.29, 0.717) is 17.2 Å². The summed E-state index contributed by atoms with van der Waals surface area (Å²) in [5.74, 6) is 0.886. The highest BCUT2D eigenvalue weighted by Crippen LogP contribution is 2.33. The zero-order valence-corrected chi connectivity index (χ0v) is 18.1. The van der Waals surface area contributed by atoms with Crippen LogP contribution in [-0.2, 0) is 12.8 Å². The zero-order valence-electron chi connectivity index (χ0n) is 16.6. The van der Waals surface area contributed by atoms with E-state index < -0.39 is 0 Å². The number of halogens is 1. The van der Waals surface area contributed by atoms with Gasteiger partial charge in [0.1, 0.15) is 5.75 Å². The minimum absolute atomic E-state index is 0.135. The van der Waals surface area contributed by atoms with E-state index in [1.165, 1.54) is 24.1 Å². The van der Waals surface area contributed by atoms with E-state index >= 15 is 0 Å². The quantitative estimate of drug-likeness (QED) is 0.474. The molecule has 1 aliphatic carbocycles. The molecule has 0 radical (unpaired) electrons. The van der Waals surface area contributed by atoms with Gasteiger partial charge in [0.2, 0.25) is 0 Å². The highest BCUT2D eigenvalue weighted by molar-refractivity contribution is 7.16. The highest BCUT2D eigenvalue weighted by atomic mass is 35.5. The smallest absolute Gasteiger partial charge is 0.282 e. The molecule has 0 amide bonds. The van der Waals surface area contributed by atoms with E-state index in [-0.39, 0.29) is 5.91 Å². The summed E-state index contributed by atoms with van der Waals surface area (Å²) in [6.45, 7) is 0. The molecule has 2 aromatic heterocycles. The second kappa shape index (κ2) is 9.14. The molecule has 152 valence electrons. The van der Waals surface area contributed by atoms with E-state index in [0.717, 1.165) is 41.4 Å². The molecule has 0 atom stereocenters. The minimum atomic E-state index is -0.135. The van der Waals surface area contributed by atoms with Gasteiger partial charge in [-0.1, -0.05) is 43.0 Å². The van der Waals surface area contributed by atoms with Gasteiger partial charge in [0.15, 0.2) is 0 Å². The number of aromatic nitrogens is 2. The molecule has 4 nitrogen and oxygen atoms in total. The number of para-hydroxylation sites is 1. The van der Waals surface area contributed by atoms with Crippen LogP contribution in [-0.4, -0.2) is 22.8 Å². The summed E-state index contributed by atoms with van der Waals surface area (Å²) in [7, 11) is 1.59. The van der Waals surface area contributed by atoms with Crippen LogP contribution in [0.1, 0.15) is 64.6 Å². The molecule has 1 saturated carbocycles. The Morgan fingerprint density at radius 3 is 2.69 bits per heavy atom. The fourth-order valence-electron chi connectivity index (χ4n) is 4.06. The number of hydrogen-bond donors (Lipinski definition) is 0. The van der Waals surface area contributed by atoms with Crippen LogP contribution >= 0.6 is 22.9 Å². The van der Waals surface area contributed by atoms with Crippen LogP contribution in [0.4, 0.5) is 0 Å². The van der Waals surface area contributed by atoms with Gasteiger partial charge >= 0.3 is 0 Å². The largest absolute Gasteiger partial charge is 0.496 e. The fourth-order valence-corrected chi connectivity index (χ4v) is 5.15. The fraction of sp³-hybridized carbons (Fsp3) is 0.391. The number of benzene rings is 1. The second-order valence-corrected chi connectivity index (χ2v) is 9.32. The molecule has 0 aliphatic heterocycles. The highest BCUT2D eigenvalue weighted by Gasteiger charge is 2.24. The first-order valence-corrected chi connectivity index (χ1v) is 11.4. The third-order valence-electron chi connectivity index (χ3n) is 5.61. The molecular weight excluding hydrogens is 404 g/mol. The number of carbonyl (C=O) groups excluding carboxylic acids is 1. The lowest BCUT2D eigenvalue weighted by molar-refractivity contribution is 0.0937. The molecule has 6 heteroatoms. The van der Waals surface area contributed by atoms with Crippen LogP contribution in [0.2, 0.25) is 4.34 Å². The first-order valence-electron chi connectivity index (χ1n) is 10.2. The lowest BCUT2D eigenvalue weighted by atomic mass is 9.87. The van der Waals surface area contributed by atoms with Crippen molar-refractivity contribution >= 4 is 28.8 Å². The maximum atomic E-state index is 13.4. The number of hydrogen-bond acceptors (Lipinski definition) is 4. The summed E-state index contributed by atoms with van der Waals surface area (Å²) in [5, 5.41) is 4.79. The molecule has 29 heavy (non-hydrogen) atoms. The molecule has 4 rings (SSSR count). The van der Waals surface area contributed by atoms with Crippen molar-refractivity contribution < 1.29 is 9.53 Å². The van der Waals surface area contributed by atoms with Crippen molar-refractivity contribution in [3.05, 3.63) is 68.6 Å². The number of carbonyl (C=O) groups is 1. The van der Waals surface area contributed by atoms with Gasteiger partial charge in [-0.05, 0) is 56.0 Å². The number of methoxy groups -OCH3 is 1. The molecule has 3 aromatic rings. The Morgan fingerprint density at radius 2 is 1.97 bits per heavy atom. The molecule has 1 aliphatic rings. The minimum Gasteiger partial charge on any atom is -0.496 e. The van der Waals surface area contributed by atoms with Gasteiger partial charge in [-0.25, -0.2) is 4.68 Å². The van der Waals surface area contributed by atoms with E-state index in [1.807, 2.05) is 24.3 Å². The van der Waals surface area contributed by atoms with Gasteiger partial charge in [0, 0.05) is 16.5 Å². The summed E-state index contributed by atoms with van der Waals surface area (Å²) in [6, 6.07) is 13.4. The Hall–Kier alpha value is -2.11. The van der Waals surface area contributed by atoms with Crippen molar-refractivity contribution in [3.63, 3.8) is 0 Å². The van der Waals surface area contributed by atoms with Crippen molar-refractivity contribution in [2.24, 2.45) is 0 Å². The summed E-state index contributed by atoms with van der Waals surface area (Å²) >= 11 is 7.67.